The third kappa shape index (κ3) is 2.97. The maximum absolute atomic E-state index is 5.73. The lowest BCUT2D eigenvalue weighted by molar-refractivity contribution is 0.482. The van der Waals surface area contributed by atoms with E-state index in [4.69, 9.17) is 5.73 Å². The van der Waals surface area contributed by atoms with Gasteiger partial charge in [0.2, 0.25) is 5.95 Å². The summed E-state index contributed by atoms with van der Waals surface area (Å²) in [6.07, 6.45) is 0. The fraction of sp³-hybridized carbons (Fsp3) is 0.636. The average molecular weight is 236 g/mol. The van der Waals surface area contributed by atoms with Crippen LogP contribution in [0.25, 0.3) is 0 Å². The van der Waals surface area contributed by atoms with Gasteiger partial charge in [0.15, 0.2) is 0 Å². The van der Waals surface area contributed by atoms with Gasteiger partial charge in [-0.15, -0.1) is 0 Å². The lowest BCUT2D eigenvalue weighted by atomic mass is 10.2. The molecule has 0 saturated carbocycles. The summed E-state index contributed by atoms with van der Waals surface area (Å²) >= 11 is 0. The summed E-state index contributed by atoms with van der Waals surface area (Å²) in [4.78, 5) is 10.7. The monoisotopic (exact) mass is 236 g/mol. The Hall–Kier alpha value is -1.56. The van der Waals surface area contributed by atoms with Gasteiger partial charge >= 0.3 is 0 Å². The number of nitrogens with one attached hydrogen (secondary N) is 2. The van der Waals surface area contributed by atoms with Crippen molar-refractivity contribution in [1.82, 2.24) is 15.3 Å². The molecule has 1 aromatic heterocycles. The Morgan fingerprint density at radius 2 is 2.41 bits per heavy atom. The van der Waals surface area contributed by atoms with Crippen LogP contribution in [0.4, 0.5) is 17.6 Å². The minimum atomic E-state index is 0.324. The Morgan fingerprint density at radius 1 is 1.59 bits per heavy atom. The van der Waals surface area contributed by atoms with E-state index in [2.05, 4.69) is 32.4 Å². The van der Waals surface area contributed by atoms with E-state index >= 15 is 0 Å². The highest BCUT2D eigenvalue weighted by molar-refractivity contribution is 5.52. The summed E-state index contributed by atoms with van der Waals surface area (Å²) in [6, 6.07) is 2.43. The molecule has 1 atom stereocenters. The van der Waals surface area contributed by atoms with Crippen LogP contribution in [0.1, 0.15) is 13.8 Å². The minimum Gasteiger partial charge on any atom is -0.370 e. The minimum absolute atomic E-state index is 0.324. The smallest absolute Gasteiger partial charge is 0.223 e. The summed E-state index contributed by atoms with van der Waals surface area (Å²) in [5.74, 6) is 2.02. The third-order valence-electron chi connectivity index (χ3n) is 2.78. The number of hydrogen-bond donors (Lipinski definition) is 3. The first-order valence-corrected chi connectivity index (χ1v) is 6.06. The van der Waals surface area contributed by atoms with Crippen LogP contribution in [0.3, 0.4) is 0 Å². The predicted molar refractivity (Wildman–Crippen MR) is 70.3 cm³/mol. The van der Waals surface area contributed by atoms with Crippen molar-refractivity contribution in [3.8, 4) is 0 Å². The lowest BCUT2D eigenvalue weighted by Crippen LogP contribution is -2.49. The van der Waals surface area contributed by atoms with E-state index in [9.17, 15) is 0 Å². The maximum atomic E-state index is 5.73. The van der Waals surface area contributed by atoms with Crippen molar-refractivity contribution in [2.24, 2.45) is 0 Å². The molecule has 2 heterocycles. The van der Waals surface area contributed by atoms with Crippen LogP contribution in [0.2, 0.25) is 0 Å². The highest BCUT2D eigenvalue weighted by Crippen LogP contribution is 2.18. The van der Waals surface area contributed by atoms with Gasteiger partial charge in [-0.3, -0.25) is 0 Å². The van der Waals surface area contributed by atoms with E-state index in [-0.39, 0.29) is 0 Å². The molecule has 94 valence electrons. The van der Waals surface area contributed by atoms with Gasteiger partial charge in [0.1, 0.15) is 11.6 Å². The molecule has 1 fully saturated rings. The molecule has 2 rings (SSSR count). The second kappa shape index (κ2) is 5.18. The van der Waals surface area contributed by atoms with Gasteiger partial charge in [-0.05, 0) is 13.8 Å². The zero-order valence-corrected chi connectivity index (χ0v) is 10.4. The quantitative estimate of drug-likeness (QED) is 0.700. The molecule has 17 heavy (non-hydrogen) atoms. The predicted octanol–water partition coefficient (Wildman–Crippen LogP) is 0.289. The van der Waals surface area contributed by atoms with E-state index in [1.165, 1.54) is 0 Å². The molecule has 6 nitrogen and oxygen atoms in total. The second-order valence-electron chi connectivity index (χ2n) is 4.30. The number of piperazine rings is 1. The molecule has 4 N–H and O–H groups in total. The van der Waals surface area contributed by atoms with Crippen molar-refractivity contribution < 1.29 is 0 Å². The molecule has 0 amide bonds. The molecule has 0 unspecified atom stereocenters. The molecular weight excluding hydrogens is 216 g/mol. The number of nitrogens with zero attached hydrogens (tertiary/aromatic N) is 3. The van der Waals surface area contributed by atoms with Crippen molar-refractivity contribution >= 4 is 17.6 Å². The molecule has 6 heteroatoms. The van der Waals surface area contributed by atoms with E-state index in [1.807, 2.05) is 13.0 Å². The largest absolute Gasteiger partial charge is 0.370 e. The Bertz CT molecular complexity index is 380. The first-order valence-electron chi connectivity index (χ1n) is 6.06. The molecule has 0 bridgehead atoms. The standard InChI is InChI=1S/C11H20N6/c1-3-13-9-6-10(16-11(12)15-9)17-5-4-14-8(2)7-17/h6,8,14H,3-5,7H2,1-2H3,(H3,12,13,15,16)/t8-/m1/s1. The number of hydrogen-bond acceptors (Lipinski definition) is 6. The molecule has 0 spiro atoms. The third-order valence-corrected chi connectivity index (χ3v) is 2.78. The summed E-state index contributed by atoms with van der Waals surface area (Å²) in [6.45, 7) is 7.90. The van der Waals surface area contributed by atoms with Gasteiger partial charge in [0, 0.05) is 38.3 Å². The van der Waals surface area contributed by atoms with Crippen LogP contribution in [0.15, 0.2) is 6.07 Å². The summed E-state index contributed by atoms with van der Waals surface area (Å²) in [5.41, 5.74) is 5.73. The van der Waals surface area contributed by atoms with Gasteiger partial charge in [-0.25, -0.2) is 0 Å². The Balaban J connectivity index is 2.18. The molecule has 0 aliphatic carbocycles. The van der Waals surface area contributed by atoms with E-state index in [1.54, 1.807) is 0 Å². The van der Waals surface area contributed by atoms with Crippen molar-refractivity contribution in [2.75, 3.05) is 42.1 Å². The molecule has 0 aromatic carbocycles. The van der Waals surface area contributed by atoms with Crippen LogP contribution in [-0.2, 0) is 0 Å². The van der Waals surface area contributed by atoms with E-state index < -0.39 is 0 Å². The van der Waals surface area contributed by atoms with Crippen molar-refractivity contribution in [3.63, 3.8) is 0 Å². The zero-order valence-electron chi connectivity index (χ0n) is 10.4. The number of nitrogens with two attached hydrogens (primary N) is 1. The molecule has 1 aliphatic rings. The zero-order chi connectivity index (χ0) is 12.3. The lowest BCUT2D eigenvalue weighted by Gasteiger charge is -2.32. The molecule has 1 saturated heterocycles. The first kappa shape index (κ1) is 11.9. The fourth-order valence-corrected chi connectivity index (χ4v) is 2.03. The highest BCUT2D eigenvalue weighted by atomic mass is 15.3. The van der Waals surface area contributed by atoms with Gasteiger partial charge in [-0.2, -0.15) is 9.97 Å². The highest BCUT2D eigenvalue weighted by Gasteiger charge is 2.17. The number of rotatable bonds is 3. The molecule has 0 radical (unpaired) electrons. The van der Waals surface area contributed by atoms with Gasteiger partial charge in [-0.1, -0.05) is 0 Å². The van der Waals surface area contributed by atoms with Gasteiger partial charge in [0.25, 0.3) is 0 Å². The average Bonchev–Trinajstić information content (AvgIpc) is 2.28. The van der Waals surface area contributed by atoms with Crippen LogP contribution in [0.5, 0.6) is 0 Å². The molecule has 1 aromatic rings. The molecular formula is C11H20N6. The first-order chi connectivity index (χ1) is 8.19. The second-order valence-corrected chi connectivity index (χ2v) is 4.30. The normalized spacial score (nSPS) is 20.4. The summed E-state index contributed by atoms with van der Waals surface area (Å²) in [5, 5.41) is 6.57. The van der Waals surface area contributed by atoms with Gasteiger partial charge < -0.3 is 21.3 Å². The Morgan fingerprint density at radius 3 is 3.12 bits per heavy atom. The van der Waals surface area contributed by atoms with E-state index in [0.717, 1.165) is 37.8 Å². The van der Waals surface area contributed by atoms with Crippen LogP contribution in [0, 0.1) is 0 Å². The van der Waals surface area contributed by atoms with Crippen molar-refractivity contribution in [3.05, 3.63) is 6.07 Å². The Kier molecular flexibility index (Phi) is 3.63. The SMILES string of the molecule is CCNc1cc(N2CCN[C@H](C)C2)nc(N)n1. The number of nitrogen functional groups attached to an aromatic ring is 1. The van der Waals surface area contributed by atoms with E-state index in [0.29, 0.717) is 12.0 Å². The number of anilines is 3. The number of aromatic nitrogens is 2. The summed E-state index contributed by atoms with van der Waals surface area (Å²) < 4.78 is 0. The summed E-state index contributed by atoms with van der Waals surface area (Å²) in [7, 11) is 0. The van der Waals surface area contributed by atoms with Crippen molar-refractivity contribution in [1.29, 1.82) is 0 Å². The van der Waals surface area contributed by atoms with Gasteiger partial charge in [0.05, 0.1) is 0 Å². The van der Waals surface area contributed by atoms with Crippen molar-refractivity contribution in [2.45, 2.75) is 19.9 Å². The topological polar surface area (TPSA) is 79.1 Å². The van der Waals surface area contributed by atoms with Crippen LogP contribution in [-0.4, -0.2) is 42.2 Å². The Labute approximate surface area is 102 Å². The molecule has 1 aliphatic heterocycles. The van der Waals surface area contributed by atoms with Crippen LogP contribution >= 0.6 is 0 Å². The van der Waals surface area contributed by atoms with Crippen LogP contribution < -0.4 is 21.3 Å². The maximum Gasteiger partial charge on any atom is 0.223 e. The fourth-order valence-electron chi connectivity index (χ4n) is 2.03.